The van der Waals surface area contributed by atoms with Gasteiger partial charge in [0.2, 0.25) is 0 Å². The molecule has 0 spiro atoms. The lowest BCUT2D eigenvalue weighted by molar-refractivity contribution is -0.143. The van der Waals surface area contributed by atoms with Gasteiger partial charge in [-0.1, -0.05) is 30.3 Å². The monoisotopic (exact) mass is 349 g/mol. The van der Waals surface area contributed by atoms with Crippen molar-refractivity contribution in [1.29, 1.82) is 0 Å². The van der Waals surface area contributed by atoms with Gasteiger partial charge in [0, 0.05) is 12.2 Å². The Kier molecular flexibility index (Phi) is 8.78. The molecular weight excluding hydrogens is 326 g/mol. The van der Waals surface area contributed by atoms with E-state index >= 15 is 0 Å². The number of ether oxygens (including phenoxy) is 3. The van der Waals surface area contributed by atoms with Crippen molar-refractivity contribution in [2.75, 3.05) is 6.61 Å². The molecule has 1 rings (SSSR count). The summed E-state index contributed by atoms with van der Waals surface area (Å²) in [6.45, 7) is 5.17. The molecule has 136 valence electrons. The first-order valence-electron chi connectivity index (χ1n) is 7.89. The highest BCUT2D eigenvalue weighted by atomic mass is 16.6. The second kappa shape index (κ2) is 10.9. The molecule has 0 aliphatic heterocycles. The van der Waals surface area contributed by atoms with Crippen molar-refractivity contribution in [3.8, 4) is 0 Å². The minimum Gasteiger partial charge on any atom is -0.460 e. The summed E-state index contributed by atoms with van der Waals surface area (Å²) in [6.07, 6.45) is 1.10. The third kappa shape index (κ3) is 9.80. The predicted molar refractivity (Wildman–Crippen MR) is 90.6 cm³/mol. The minimum absolute atomic E-state index is 0.0527. The van der Waals surface area contributed by atoms with Crippen molar-refractivity contribution < 1.29 is 28.6 Å². The molecule has 0 bridgehead atoms. The van der Waals surface area contributed by atoms with Gasteiger partial charge >= 0.3 is 18.0 Å². The lowest BCUT2D eigenvalue weighted by atomic mass is 10.2. The Hall–Kier alpha value is -2.83. The highest BCUT2D eigenvalue weighted by Crippen LogP contribution is 2.01. The highest BCUT2D eigenvalue weighted by molar-refractivity contribution is 5.91. The van der Waals surface area contributed by atoms with Crippen molar-refractivity contribution in [3.05, 3.63) is 48.0 Å². The summed E-state index contributed by atoms with van der Waals surface area (Å²) < 4.78 is 14.8. The van der Waals surface area contributed by atoms with Crippen LogP contribution >= 0.6 is 0 Å². The molecule has 25 heavy (non-hydrogen) atoms. The summed E-state index contributed by atoms with van der Waals surface area (Å²) in [5.74, 6) is -1.32. The molecule has 0 aliphatic carbocycles. The fourth-order valence-corrected chi connectivity index (χ4v) is 1.67. The first-order valence-corrected chi connectivity index (χ1v) is 7.89. The zero-order valence-electron chi connectivity index (χ0n) is 14.6. The van der Waals surface area contributed by atoms with Crippen molar-refractivity contribution in [2.45, 2.75) is 39.5 Å². The van der Waals surface area contributed by atoms with E-state index in [1.54, 1.807) is 20.8 Å². The molecule has 7 nitrogen and oxygen atoms in total. The molecule has 1 N–H and O–H groups in total. The van der Waals surface area contributed by atoms with E-state index < -0.39 is 24.1 Å². The minimum atomic E-state index is -0.702. The number of hydrogen-bond acceptors (Lipinski definition) is 6. The van der Waals surface area contributed by atoms with Crippen LogP contribution in [-0.2, 0) is 30.4 Å². The molecule has 0 saturated heterocycles. The predicted octanol–water partition coefficient (Wildman–Crippen LogP) is 2.35. The number of carbonyl (C=O) groups is 3. The Morgan fingerprint density at radius 2 is 1.64 bits per heavy atom. The fraction of sp³-hybridized carbons (Fsp3) is 0.389. The average Bonchev–Trinajstić information content (AvgIpc) is 2.56. The van der Waals surface area contributed by atoms with Crippen molar-refractivity contribution >= 4 is 18.0 Å². The highest BCUT2D eigenvalue weighted by Gasteiger charge is 2.10. The van der Waals surface area contributed by atoms with Crippen molar-refractivity contribution in [2.24, 2.45) is 0 Å². The molecule has 0 radical (unpaired) electrons. The summed E-state index contributed by atoms with van der Waals surface area (Å²) in [5.41, 5.74) is 0.871. The zero-order valence-corrected chi connectivity index (χ0v) is 14.6. The van der Waals surface area contributed by atoms with Gasteiger partial charge in [-0.3, -0.25) is 0 Å². The number of rotatable bonds is 8. The van der Waals surface area contributed by atoms with E-state index in [-0.39, 0.29) is 19.3 Å². The number of nitrogens with one attached hydrogen (secondary N) is 1. The van der Waals surface area contributed by atoms with Crippen LogP contribution in [-0.4, -0.2) is 36.8 Å². The van der Waals surface area contributed by atoms with Crippen LogP contribution in [0.1, 0.15) is 26.3 Å². The van der Waals surface area contributed by atoms with Crippen LogP contribution in [0.15, 0.2) is 42.5 Å². The maximum Gasteiger partial charge on any atom is 0.407 e. The molecule has 0 fully saturated rings. The summed E-state index contributed by atoms with van der Waals surface area (Å²) in [6, 6.07) is 8.82. The number of benzene rings is 1. The van der Waals surface area contributed by atoms with Gasteiger partial charge in [-0.05, 0) is 26.3 Å². The van der Waals surface area contributed by atoms with E-state index in [4.69, 9.17) is 14.2 Å². The number of amides is 1. The molecule has 0 saturated carbocycles. The molecule has 1 atom stereocenters. The van der Waals surface area contributed by atoms with Gasteiger partial charge in [-0.15, -0.1) is 0 Å². The molecule has 1 amide bonds. The number of carbonyl (C=O) groups excluding carboxylic acids is 3. The van der Waals surface area contributed by atoms with Crippen LogP contribution in [0.3, 0.4) is 0 Å². The summed E-state index contributed by atoms with van der Waals surface area (Å²) in [7, 11) is 0. The second-order valence-electron chi connectivity index (χ2n) is 5.56. The SMILES string of the molecule is CC(C)OC(=O)/C=C/C(=O)OC[C@H](C)NC(=O)OCc1ccccc1. The first kappa shape index (κ1) is 20.2. The smallest absolute Gasteiger partial charge is 0.407 e. The number of alkyl carbamates (subject to hydrolysis) is 1. The number of hydrogen-bond donors (Lipinski definition) is 1. The quantitative estimate of drug-likeness (QED) is 0.440. The van der Waals surface area contributed by atoms with Gasteiger partial charge in [0.1, 0.15) is 13.2 Å². The third-order valence-corrected chi connectivity index (χ3v) is 2.76. The van der Waals surface area contributed by atoms with Crippen molar-refractivity contribution in [1.82, 2.24) is 5.32 Å². The Morgan fingerprint density at radius 3 is 2.28 bits per heavy atom. The van der Waals surface area contributed by atoms with E-state index in [1.165, 1.54) is 0 Å². The van der Waals surface area contributed by atoms with E-state index in [9.17, 15) is 14.4 Å². The Balaban J connectivity index is 2.23. The zero-order chi connectivity index (χ0) is 18.7. The van der Waals surface area contributed by atoms with E-state index in [0.29, 0.717) is 0 Å². The summed E-state index contributed by atoms with van der Waals surface area (Å²) in [5, 5.41) is 2.54. The third-order valence-electron chi connectivity index (χ3n) is 2.76. The molecule has 0 heterocycles. The lowest BCUT2D eigenvalue weighted by Crippen LogP contribution is -2.36. The molecule has 0 aromatic heterocycles. The van der Waals surface area contributed by atoms with Gasteiger partial charge in [0.15, 0.2) is 0 Å². The van der Waals surface area contributed by atoms with Gasteiger partial charge in [-0.2, -0.15) is 0 Å². The van der Waals surface area contributed by atoms with Gasteiger partial charge < -0.3 is 19.5 Å². The molecule has 7 heteroatoms. The molecule has 0 unspecified atom stereocenters. The Morgan fingerprint density at radius 1 is 1.00 bits per heavy atom. The first-order chi connectivity index (χ1) is 11.9. The maximum absolute atomic E-state index is 11.6. The normalized spacial score (nSPS) is 11.8. The van der Waals surface area contributed by atoms with Crippen LogP contribution in [0.25, 0.3) is 0 Å². The lowest BCUT2D eigenvalue weighted by Gasteiger charge is -2.13. The van der Waals surface area contributed by atoms with E-state index in [0.717, 1.165) is 17.7 Å². The topological polar surface area (TPSA) is 90.9 Å². The summed E-state index contributed by atoms with van der Waals surface area (Å²) >= 11 is 0. The Labute approximate surface area is 146 Å². The average molecular weight is 349 g/mol. The molecule has 1 aromatic carbocycles. The van der Waals surface area contributed by atoms with Crippen LogP contribution in [0.5, 0.6) is 0 Å². The Bertz CT molecular complexity index is 597. The fourth-order valence-electron chi connectivity index (χ4n) is 1.67. The molecule has 1 aromatic rings. The van der Waals surface area contributed by atoms with Gasteiger partial charge in [-0.25, -0.2) is 14.4 Å². The van der Waals surface area contributed by atoms with Gasteiger partial charge in [0.25, 0.3) is 0 Å². The summed E-state index contributed by atoms with van der Waals surface area (Å²) in [4.78, 5) is 34.4. The van der Waals surface area contributed by atoms with Crippen LogP contribution < -0.4 is 5.32 Å². The van der Waals surface area contributed by atoms with Crippen LogP contribution in [0.4, 0.5) is 4.79 Å². The largest absolute Gasteiger partial charge is 0.460 e. The maximum atomic E-state index is 11.6. The van der Waals surface area contributed by atoms with E-state index in [1.807, 2.05) is 30.3 Å². The van der Waals surface area contributed by atoms with Crippen molar-refractivity contribution in [3.63, 3.8) is 0 Å². The van der Waals surface area contributed by atoms with Crippen LogP contribution in [0, 0.1) is 0 Å². The van der Waals surface area contributed by atoms with E-state index in [2.05, 4.69) is 5.32 Å². The van der Waals surface area contributed by atoms with Crippen LogP contribution in [0.2, 0.25) is 0 Å². The standard InChI is InChI=1S/C18H23NO6/c1-13(2)25-17(21)10-9-16(20)23-11-14(3)19-18(22)24-12-15-7-5-4-6-8-15/h4-10,13-14H,11-12H2,1-3H3,(H,19,22)/b10-9+/t14-/m0/s1. The second-order valence-corrected chi connectivity index (χ2v) is 5.56. The molecular formula is C18H23NO6. The molecule has 0 aliphatic rings. The number of esters is 2. The van der Waals surface area contributed by atoms with Gasteiger partial charge in [0.05, 0.1) is 12.1 Å².